The van der Waals surface area contributed by atoms with E-state index in [0.717, 1.165) is 30.4 Å². The molecule has 2 aromatic rings. The number of nitrogens with one attached hydrogen (secondary N) is 1. The molecule has 1 amide bonds. The third kappa shape index (κ3) is 7.22. The fourth-order valence-electron chi connectivity index (χ4n) is 6.07. The number of esters is 1. The van der Waals surface area contributed by atoms with Crippen LogP contribution in [0.5, 0.6) is 0 Å². The standard InChI is InChI=1S/C31H40F3N5O3/c1-30(2,3)42-29(41)21-11-14-38(15-12-21)27-18-35-25(17-36-27)28(40)37-23-9-10-24(20-6-4-7-20)22(16-23)19-39-13-5-8-26(39)31(32,33)34/h9-10,16-18,20-21,26H,4-8,11-15,19H2,1-3H3,(H,37,40)/t26-/m0/s1. The minimum absolute atomic E-state index is 0.120. The molecule has 1 aromatic heterocycles. The molecule has 0 unspecified atom stereocenters. The maximum absolute atomic E-state index is 13.6. The van der Waals surface area contributed by atoms with Crippen LogP contribution < -0.4 is 10.2 Å². The maximum Gasteiger partial charge on any atom is 0.404 e. The Balaban J connectivity index is 1.22. The Morgan fingerprint density at radius 2 is 1.71 bits per heavy atom. The van der Waals surface area contributed by atoms with Crippen molar-refractivity contribution in [3.8, 4) is 0 Å². The van der Waals surface area contributed by atoms with Crippen molar-refractivity contribution < 1.29 is 27.5 Å². The Kier molecular flexibility index (Phi) is 8.78. The molecule has 1 aromatic carbocycles. The summed E-state index contributed by atoms with van der Waals surface area (Å²) in [4.78, 5) is 37.7. The number of amides is 1. The lowest BCUT2D eigenvalue weighted by molar-refractivity contribution is -0.177. The van der Waals surface area contributed by atoms with Gasteiger partial charge in [-0.05, 0) is 95.0 Å². The zero-order valence-electron chi connectivity index (χ0n) is 24.5. The average Bonchev–Trinajstić information content (AvgIpc) is 3.37. The molecular weight excluding hydrogens is 547 g/mol. The van der Waals surface area contributed by atoms with Gasteiger partial charge in [0.05, 0.1) is 18.3 Å². The number of carbonyl (C=O) groups excluding carboxylic acids is 2. The van der Waals surface area contributed by atoms with Gasteiger partial charge in [0.2, 0.25) is 0 Å². The molecule has 0 radical (unpaired) electrons. The number of hydrogen-bond donors (Lipinski definition) is 1. The quantitative estimate of drug-likeness (QED) is 0.393. The van der Waals surface area contributed by atoms with Gasteiger partial charge in [-0.1, -0.05) is 12.5 Å². The number of nitrogens with zero attached hydrogens (tertiary/aromatic N) is 4. The van der Waals surface area contributed by atoms with E-state index < -0.39 is 23.7 Å². The molecule has 3 fully saturated rings. The Morgan fingerprint density at radius 1 is 0.976 bits per heavy atom. The number of likely N-dealkylation sites (tertiary alicyclic amines) is 1. The first kappa shape index (κ1) is 30.3. The summed E-state index contributed by atoms with van der Waals surface area (Å²) < 4.78 is 46.3. The van der Waals surface area contributed by atoms with E-state index >= 15 is 0 Å². The van der Waals surface area contributed by atoms with Gasteiger partial charge < -0.3 is 15.0 Å². The largest absolute Gasteiger partial charge is 0.460 e. The molecule has 42 heavy (non-hydrogen) atoms. The van der Waals surface area contributed by atoms with E-state index in [9.17, 15) is 22.8 Å². The van der Waals surface area contributed by atoms with Gasteiger partial charge in [-0.25, -0.2) is 9.97 Å². The van der Waals surface area contributed by atoms with Crippen molar-refractivity contribution >= 4 is 23.4 Å². The van der Waals surface area contributed by atoms with Crippen LogP contribution >= 0.6 is 0 Å². The van der Waals surface area contributed by atoms with Crippen LogP contribution in [0.15, 0.2) is 30.6 Å². The van der Waals surface area contributed by atoms with Gasteiger partial charge in [0, 0.05) is 25.3 Å². The number of aromatic nitrogens is 2. The van der Waals surface area contributed by atoms with E-state index in [0.29, 0.717) is 56.3 Å². The summed E-state index contributed by atoms with van der Waals surface area (Å²) >= 11 is 0. The highest BCUT2D eigenvalue weighted by atomic mass is 19.4. The molecule has 0 bridgehead atoms. The first-order chi connectivity index (χ1) is 19.9. The number of halogens is 3. The van der Waals surface area contributed by atoms with E-state index in [1.54, 1.807) is 6.20 Å². The summed E-state index contributed by atoms with van der Waals surface area (Å²) in [5, 5.41) is 2.86. The molecule has 1 aliphatic carbocycles. The predicted octanol–water partition coefficient (Wildman–Crippen LogP) is 6.08. The van der Waals surface area contributed by atoms with Crippen LogP contribution in [0, 0.1) is 5.92 Å². The van der Waals surface area contributed by atoms with Gasteiger partial charge in [0.25, 0.3) is 5.91 Å². The summed E-state index contributed by atoms with van der Waals surface area (Å²) in [6.45, 7) is 7.46. The van der Waals surface area contributed by atoms with Crippen molar-refractivity contribution in [3.63, 3.8) is 0 Å². The van der Waals surface area contributed by atoms with E-state index in [1.807, 2.05) is 43.9 Å². The van der Waals surface area contributed by atoms with E-state index in [4.69, 9.17) is 4.74 Å². The molecule has 228 valence electrons. The second-order valence-electron chi connectivity index (χ2n) is 12.7. The lowest BCUT2D eigenvalue weighted by Crippen LogP contribution is -2.40. The number of rotatable bonds is 7. The van der Waals surface area contributed by atoms with E-state index in [2.05, 4.69) is 15.3 Å². The highest BCUT2D eigenvalue weighted by Gasteiger charge is 2.46. The fourth-order valence-corrected chi connectivity index (χ4v) is 6.07. The zero-order chi connectivity index (χ0) is 30.1. The normalized spacial score (nSPS) is 20.8. The van der Waals surface area contributed by atoms with Crippen LogP contribution in [0.4, 0.5) is 24.7 Å². The Hall–Kier alpha value is -3.21. The number of ether oxygens (including phenoxy) is 1. The molecule has 1 atom stereocenters. The number of piperidine rings is 1. The Bertz CT molecular complexity index is 1270. The molecular formula is C31H40F3N5O3. The number of anilines is 2. The van der Waals surface area contributed by atoms with Crippen molar-refractivity contribution in [2.75, 3.05) is 29.9 Å². The summed E-state index contributed by atoms with van der Waals surface area (Å²) in [6.07, 6.45) is 3.85. The molecule has 3 heterocycles. The summed E-state index contributed by atoms with van der Waals surface area (Å²) in [6, 6.07) is 4.15. The SMILES string of the molecule is CC(C)(C)OC(=O)C1CCN(c2cnc(C(=O)Nc3ccc(C4CCC4)c(CN4CCC[C@H]4C(F)(F)F)c3)cn2)CC1. The molecule has 11 heteroatoms. The minimum atomic E-state index is -4.25. The molecule has 3 aliphatic rings. The molecule has 5 rings (SSSR count). The Labute approximate surface area is 245 Å². The third-order valence-corrected chi connectivity index (χ3v) is 8.49. The lowest BCUT2D eigenvalue weighted by Gasteiger charge is -2.33. The van der Waals surface area contributed by atoms with Gasteiger partial charge in [-0.3, -0.25) is 14.5 Å². The first-order valence-electron chi connectivity index (χ1n) is 14.9. The summed E-state index contributed by atoms with van der Waals surface area (Å²) in [5.74, 6) is 0.221. The van der Waals surface area contributed by atoms with Crippen molar-refractivity contribution in [3.05, 3.63) is 47.4 Å². The monoisotopic (exact) mass is 587 g/mol. The summed E-state index contributed by atoms with van der Waals surface area (Å²) in [7, 11) is 0. The van der Waals surface area contributed by atoms with Gasteiger partial charge in [0.1, 0.15) is 23.2 Å². The summed E-state index contributed by atoms with van der Waals surface area (Å²) in [5.41, 5.74) is 2.07. The number of carbonyl (C=O) groups is 2. The third-order valence-electron chi connectivity index (χ3n) is 8.49. The molecule has 8 nitrogen and oxygen atoms in total. The van der Waals surface area contributed by atoms with Crippen molar-refractivity contribution in [2.24, 2.45) is 5.92 Å². The zero-order valence-corrected chi connectivity index (χ0v) is 24.5. The van der Waals surface area contributed by atoms with Crippen molar-refractivity contribution in [2.45, 2.75) is 96.0 Å². The van der Waals surface area contributed by atoms with Gasteiger partial charge in [-0.2, -0.15) is 13.2 Å². The Morgan fingerprint density at radius 3 is 2.31 bits per heavy atom. The minimum Gasteiger partial charge on any atom is -0.460 e. The molecule has 2 aliphatic heterocycles. The molecule has 1 saturated carbocycles. The highest BCUT2D eigenvalue weighted by Crippen LogP contribution is 2.40. The topological polar surface area (TPSA) is 87.7 Å². The molecule has 0 spiro atoms. The van der Waals surface area contributed by atoms with Crippen LogP contribution in [0.2, 0.25) is 0 Å². The predicted molar refractivity (Wildman–Crippen MR) is 153 cm³/mol. The van der Waals surface area contributed by atoms with Gasteiger partial charge in [0.15, 0.2) is 0 Å². The molecule has 1 N–H and O–H groups in total. The van der Waals surface area contributed by atoms with Crippen LogP contribution in [-0.2, 0) is 16.1 Å². The maximum atomic E-state index is 13.6. The lowest BCUT2D eigenvalue weighted by atomic mass is 9.78. The smallest absolute Gasteiger partial charge is 0.404 e. The number of hydrogen-bond acceptors (Lipinski definition) is 7. The van der Waals surface area contributed by atoms with Crippen LogP contribution in [0.1, 0.15) is 93.3 Å². The van der Waals surface area contributed by atoms with Crippen LogP contribution in [0.3, 0.4) is 0 Å². The van der Waals surface area contributed by atoms with Crippen molar-refractivity contribution in [1.82, 2.24) is 14.9 Å². The molecule has 2 saturated heterocycles. The second-order valence-corrected chi connectivity index (χ2v) is 12.7. The van der Waals surface area contributed by atoms with Gasteiger partial charge >= 0.3 is 12.1 Å². The average molecular weight is 588 g/mol. The second kappa shape index (κ2) is 12.2. The highest BCUT2D eigenvalue weighted by molar-refractivity contribution is 6.02. The van der Waals surface area contributed by atoms with Gasteiger partial charge in [-0.15, -0.1) is 0 Å². The van der Waals surface area contributed by atoms with Crippen molar-refractivity contribution in [1.29, 1.82) is 0 Å². The van der Waals surface area contributed by atoms with Crippen LogP contribution in [-0.4, -0.2) is 64.2 Å². The van der Waals surface area contributed by atoms with Crippen LogP contribution in [0.25, 0.3) is 0 Å². The number of alkyl halides is 3. The van der Waals surface area contributed by atoms with E-state index in [1.165, 1.54) is 11.1 Å². The van der Waals surface area contributed by atoms with E-state index in [-0.39, 0.29) is 30.5 Å². The fraction of sp³-hybridized carbons (Fsp3) is 0.613. The first-order valence-corrected chi connectivity index (χ1v) is 14.9. The number of benzene rings is 1.